The molecule has 3 rings (SSSR count). The van der Waals surface area contributed by atoms with Gasteiger partial charge in [0, 0.05) is 31.1 Å². The van der Waals surface area contributed by atoms with Crippen LogP contribution in [-0.2, 0) is 21.4 Å². The monoisotopic (exact) mass is 489 g/mol. The Morgan fingerprint density at radius 2 is 1.62 bits per heavy atom. The van der Waals surface area contributed by atoms with Crippen molar-refractivity contribution in [1.29, 1.82) is 0 Å². The summed E-state index contributed by atoms with van der Waals surface area (Å²) in [6, 6.07) is 12.1. The van der Waals surface area contributed by atoms with Crippen LogP contribution < -0.4 is 26.0 Å². The maximum Gasteiger partial charge on any atom is 0.333 e. The Labute approximate surface area is 197 Å². The first kappa shape index (κ1) is 25.0. The summed E-state index contributed by atoms with van der Waals surface area (Å²) >= 11 is 0. The summed E-state index contributed by atoms with van der Waals surface area (Å²) in [6.45, 7) is 0.999. The molecule has 0 saturated carbocycles. The van der Waals surface area contributed by atoms with Crippen LogP contribution in [0.3, 0.4) is 0 Å². The van der Waals surface area contributed by atoms with Crippen molar-refractivity contribution in [2.24, 2.45) is 11.1 Å². The molecule has 1 aliphatic rings. The van der Waals surface area contributed by atoms with Gasteiger partial charge in [-0.15, -0.1) is 0 Å². The van der Waals surface area contributed by atoms with E-state index in [1.165, 1.54) is 24.3 Å². The van der Waals surface area contributed by atoms with Gasteiger partial charge in [0.1, 0.15) is 5.75 Å². The largest absolute Gasteiger partial charge is 0.497 e. The molecule has 0 aromatic heterocycles. The Kier molecular flexibility index (Phi) is 8.08. The van der Waals surface area contributed by atoms with Gasteiger partial charge in [-0.25, -0.2) is 23.8 Å². The number of nitrogens with two attached hydrogens (primary N) is 1. The molecule has 0 aliphatic carbocycles. The third-order valence-corrected chi connectivity index (χ3v) is 6.42. The number of likely N-dealkylation sites (tertiary alicyclic amines) is 1. The van der Waals surface area contributed by atoms with E-state index in [-0.39, 0.29) is 29.2 Å². The number of ether oxygens (including phenoxy) is 1. The number of amides is 4. The zero-order valence-electron chi connectivity index (χ0n) is 18.6. The summed E-state index contributed by atoms with van der Waals surface area (Å²) in [5.74, 6) is -0.219. The standard InChI is InChI=1S/C22H27N5O6S/c1-33-18-6-2-15(3-7-18)14-24-22(30)26-25-20(28)16-10-12-27(13-11-16)21(29)17-4-8-19(9-5-17)34(23,31)32/h2-9,16H,10-14H2,1H3,(H,25,28)(H2,23,31,32)(H2,24,26,30). The van der Waals surface area contributed by atoms with Crippen LogP contribution in [0.15, 0.2) is 53.4 Å². The number of carbonyl (C=O) groups is 3. The third-order valence-electron chi connectivity index (χ3n) is 5.49. The minimum Gasteiger partial charge on any atom is -0.497 e. The van der Waals surface area contributed by atoms with Gasteiger partial charge >= 0.3 is 6.03 Å². The first-order chi connectivity index (χ1) is 16.2. The Bertz CT molecular complexity index is 1130. The zero-order chi connectivity index (χ0) is 24.7. The Morgan fingerprint density at radius 3 is 2.18 bits per heavy atom. The van der Waals surface area contributed by atoms with E-state index in [4.69, 9.17) is 9.88 Å². The average molecular weight is 490 g/mol. The van der Waals surface area contributed by atoms with Gasteiger partial charge in [0.25, 0.3) is 5.91 Å². The first-order valence-corrected chi connectivity index (χ1v) is 12.1. The van der Waals surface area contributed by atoms with Gasteiger partial charge in [-0.2, -0.15) is 0 Å². The average Bonchev–Trinajstić information content (AvgIpc) is 2.85. The highest BCUT2D eigenvalue weighted by Crippen LogP contribution is 2.20. The van der Waals surface area contributed by atoms with Crippen LogP contribution in [0.25, 0.3) is 0 Å². The molecule has 2 aromatic carbocycles. The van der Waals surface area contributed by atoms with Crippen LogP contribution in [-0.4, -0.2) is 51.4 Å². The molecule has 1 fully saturated rings. The minimum absolute atomic E-state index is 0.0695. The highest BCUT2D eigenvalue weighted by atomic mass is 32.2. The molecule has 0 radical (unpaired) electrons. The summed E-state index contributed by atoms with van der Waals surface area (Å²) in [4.78, 5) is 38.5. The molecule has 2 aromatic rings. The number of urea groups is 1. The minimum atomic E-state index is -3.83. The lowest BCUT2D eigenvalue weighted by Crippen LogP contribution is -2.50. The van der Waals surface area contributed by atoms with Gasteiger partial charge in [-0.05, 0) is 54.8 Å². The fourth-order valence-corrected chi connectivity index (χ4v) is 4.02. The van der Waals surface area contributed by atoms with E-state index in [1.807, 2.05) is 12.1 Å². The molecule has 5 N–H and O–H groups in total. The quantitative estimate of drug-likeness (QED) is 0.438. The molecule has 0 unspecified atom stereocenters. The van der Waals surface area contributed by atoms with E-state index in [1.54, 1.807) is 24.1 Å². The van der Waals surface area contributed by atoms with E-state index in [9.17, 15) is 22.8 Å². The number of hydrogen-bond acceptors (Lipinski definition) is 6. The topological polar surface area (TPSA) is 160 Å². The highest BCUT2D eigenvalue weighted by molar-refractivity contribution is 7.89. The number of nitrogens with zero attached hydrogens (tertiary/aromatic N) is 1. The number of sulfonamides is 1. The molecular weight excluding hydrogens is 462 g/mol. The summed E-state index contributed by atoms with van der Waals surface area (Å²) in [5.41, 5.74) is 5.96. The van der Waals surface area contributed by atoms with E-state index in [2.05, 4.69) is 16.2 Å². The van der Waals surface area contributed by atoms with E-state index in [0.717, 1.165) is 5.56 Å². The second-order valence-corrected chi connectivity index (χ2v) is 9.34. The van der Waals surface area contributed by atoms with Crippen LogP contribution >= 0.6 is 0 Å². The predicted octanol–water partition coefficient (Wildman–Crippen LogP) is 0.725. The number of rotatable bonds is 6. The number of primary sulfonamides is 1. The molecule has 12 heteroatoms. The second-order valence-electron chi connectivity index (χ2n) is 7.78. The van der Waals surface area contributed by atoms with Crippen molar-refractivity contribution in [1.82, 2.24) is 21.1 Å². The van der Waals surface area contributed by atoms with Crippen molar-refractivity contribution < 1.29 is 27.5 Å². The van der Waals surface area contributed by atoms with Crippen molar-refractivity contribution in [3.8, 4) is 5.75 Å². The molecule has 0 bridgehead atoms. The third kappa shape index (κ3) is 6.68. The number of hydrazine groups is 1. The fraction of sp³-hybridized carbons (Fsp3) is 0.318. The van der Waals surface area contributed by atoms with Crippen LogP contribution in [0.1, 0.15) is 28.8 Å². The number of piperidine rings is 1. The first-order valence-electron chi connectivity index (χ1n) is 10.6. The van der Waals surface area contributed by atoms with Crippen molar-refractivity contribution in [2.75, 3.05) is 20.2 Å². The Balaban J connectivity index is 1.40. The summed E-state index contributed by atoms with van der Waals surface area (Å²) in [5, 5.41) is 7.71. The molecule has 1 saturated heterocycles. The van der Waals surface area contributed by atoms with E-state index >= 15 is 0 Å². The van der Waals surface area contributed by atoms with Gasteiger partial charge in [0.05, 0.1) is 12.0 Å². The molecule has 4 amide bonds. The van der Waals surface area contributed by atoms with E-state index in [0.29, 0.717) is 37.2 Å². The van der Waals surface area contributed by atoms with Gasteiger partial charge in [0.2, 0.25) is 15.9 Å². The Hall–Kier alpha value is -3.64. The van der Waals surface area contributed by atoms with Crippen molar-refractivity contribution in [3.05, 3.63) is 59.7 Å². The molecular formula is C22H27N5O6S. The molecule has 0 atom stereocenters. The van der Waals surface area contributed by atoms with Crippen LogP contribution in [0.2, 0.25) is 0 Å². The van der Waals surface area contributed by atoms with Gasteiger partial charge in [-0.1, -0.05) is 12.1 Å². The second kappa shape index (κ2) is 11.0. The highest BCUT2D eigenvalue weighted by Gasteiger charge is 2.28. The van der Waals surface area contributed by atoms with Crippen molar-refractivity contribution >= 4 is 27.9 Å². The number of hydrogen-bond donors (Lipinski definition) is 4. The lowest BCUT2D eigenvalue weighted by atomic mass is 9.95. The lowest BCUT2D eigenvalue weighted by Gasteiger charge is -2.31. The summed E-state index contributed by atoms with van der Waals surface area (Å²) < 4.78 is 27.8. The molecule has 11 nitrogen and oxygen atoms in total. The Morgan fingerprint density at radius 1 is 1.00 bits per heavy atom. The van der Waals surface area contributed by atoms with Gasteiger partial charge < -0.3 is 15.0 Å². The van der Waals surface area contributed by atoms with Crippen LogP contribution in [0, 0.1) is 5.92 Å². The lowest BCUT2D eigenvalue weighted by molar-refractivity contribution is -0.127. The number of nitrogens with one attached hydrogen (secondary N) is 3. The molecule has 182 valence electrons. The van der Waals surface area contributed by atoms with Gasteiger partial charge in [-0.3, -0.25) is 15.0 Å². The maximum atomic E-state index is 12.6. The molecule has 0 spiro atoms. The van der Waals surface area contributed by atoms with Crippen molar-refractivity contribution in [3.63, 3.8) is 0 Å². The van der Waals surface area contributed by atoms with Gasteiger partial charge in [0.15, 0.2) is 0 Å². The predicted molar refractivity (Wildman–Crippen MR) is 123 cm³/mol. The smallest absolute Gasteiger partial charge is 0.333 e. The van der Waals surface area contributed by atoms with E-state index < -0.39 is 16.1 Å². The van der Waals surface area contributed by atoms with Crippen molar-refractivity contribution in [2.45, 2.75) is 24.3 Å². The molecule has 1 heterocycles. The molecule has 1 aliphatic heterocycles. The SMILES string of the molecule is COc1ccc(CNC(=O)NNC(=O)C2CCN(C(=O)c3ccc(S(N)(=O)=O)cc3)CC2)cc1. The number of carbonyl (C=O) groups excluding carboxylic acids is 3. The van der Waals surface area contributed by atoms with Crippen LogP contribution in [0.4, 0.5) is 4.79 Å². The number of benzene rings is 2. The summed E-state index contributed by atoms with van der Waals surface area (Å²) in [7, 11) is -2.26. The maximum absolute atomic E-state index is 12.6. The fourth-order valence-electron chi connectivity index (χ4n) is 3.50. The van der Waals surface area contributed by atoms with Crippen LogP contribution in [0.5, 0.6) is 5.75 Å². The normalized spacial score (nSPS) is 14.2. The zero-order valence-corrected chi connectivity index (χ0v) is 19.4. The molecule has 34 heavy (non-hydrogen) atoms. The number of methoxy groups -OCH3 is 1. The summed E-state index contributed by atoms with van der Waals surface area (Å²) in [6.07, 6.45) is 0.865.